The quantitative estimate of drug-likeness (QED) is 0.766. The molecule has 0 aliphatic carbocycles. The van der Waals surface area contributed by atoms with Crippen molar-refractivity contribution in [2.45, 2.75) is 52.5 Å². The van der Waals surface area contributed by atoms with E-state index in [4.69, 9.17) is 9.47 Å². The molecule has 150 valence electrons. The van der Waals surface area contributed by atoms with Crippen LogP contribution in [-0.4, -0.2) is 45.5 Å². The van der Waals surface area contributed by atoms with Crippen LogP contribution < -0.4 is 9.47 Å². The number of amides is 1. The summed E-state index contributed by atoms with van der Waals surface area (Å²) in [7, 11) is 0. The molecule has 1 fully saturated rings. The van der Waals surface area contributed by atoms with Gasteiger partial charge in [-0.2, -0.15) is 0 Å². The predicted octanol–water partition coefficient (Wildman–Crippen LogP) is 3.00. The predicted molar refractivity (Wildman–Crippen MR) is 104 cm³/mol. The smallest absolute Gasteiger partial charge is 0.231 e. The van der Waals surface area contributed by atoms with Gasteiger partial charge in [-0.05, 0) is 49.8 Å². The molecule has 7 nitrogen and oxygen atoms in total. The van der Waals surface area contributed by atoms with Crippen LogP contribution in [0, 0.1) is 5.41 Å². The number of ether oxygens (including phenoxy) is 2. The Labute approximate surface area is 165 Å². The van der Waals surface area contributed by atoms with Crippen LogP contribution in [-0.2, 0) is 17.6 Å². The van der Waals surface area contributed by atoms with Crippen LogP contribution in [0.15, 0.2) is 24.5 Å². The molecule has 1 aromatic carbocycles. The number of aromatic nitrogens is 3. The normalized spacial score (nSPS) is 21.6. The first-order valence-electron chi connectivity index (χ1n) is 9.98. The highest BCUT2D eigenvalue weighted by Crippen LogP contribution is 2.37. The third-order valence-electron chi connectivity index (χ3n) is 5.74. The lowest BCUT2D eigenvalue weighted by atomic mass is 9.76. The van der Waals surface area contributed by atoms with Gasteiger partial charge in [0.05, 0.1) is 0 Å². The van der Waals surface area contributed by atoms with E-state index in [1.165, 1.54) is 5.56 Å². The lowest BCUT2D eigenvalue weighted by molar-refractivity contribution is -0.137. The molecule has 0 saturated carbocycles. The standard InChI is InChI=1S/C21H28N4O3/c1-15(2)25-13-22-23-19(25)7-9-24-12-21(3,8-6-20(24)26)11-16-4-5-17-18(10-16)28-14-27-17/h4-5,10,13,15H,6-9,11-12,14H2,1-3H3. The maximum atomic E-state index is 12.5. The fourth-order valence-electron chi connectivity index (χ4n) is 4.20. The molecule has 2 aromatic rings. The summed E-state index contributed by atoms with van der Waals surface area (Å²) in [5.74, 6) is 2.80. The molecule has 7 heteroatoms. The Balaban J connectivity index is 1.42. The molecule has 1 unspecified atom stereocenters. The van der Waals surface area contributed by atoms with Crippen molar-refractivity contribution in [1.82, 2.24) is 19.7 Å². The maximum Gasteiger partial charge on any atom is 0.231 e. The van der Waals surface area contributed by atoms with Crippen molar-refractivity contribution in [3.8, 4) is 11.5 Å². The van der Waals surface area contributed by atoms with Gasteiger partial charge in [0.1, 0.15) is 12.2 Å². The minimum absolute atomic E-state index is 0.0489. The maximum absolute atomic E-state index is 12.5. The molecule has 0 radical (unpaired) electrons. The van der Waals surface area contributed by atoms with Gasteiger partial charge in [0, 0.05) is 32.0 Å². The summed E-state index contributed by atoms with van der Waals surface area (Å²) in [4.78, 5) is 14.5. The molecule has 1 atom stereocenters. The van der Waals surface area contributed by atoms with Crippen LogP contribution in [0.5, 0.6) is 11.5 Å². The second kappa shape index (κ2) is 7.45. The first kappa shape index (κ1) is 18.8. The van der Waals surface area contributed by atoms with Crippen molar-refractivity contribution >= 4 is 5.91 Å². The van der Waals surface area contributed by atoms with E-state index in [0.717, 1.165) is 43.1 Å². The van der Waals surface area contributed by atoms with Gasteiger partial charge >= 0.3 is 0 Å². The summed E-state index contributed by atoms with van der Waals surface area (Å²) in [5, 5.41) is 8.26. The fourth-order valence-corrected chi connectivity index (χ4v) is 4.20. The lowest BCUT2D eigenvalue weighted by Gasteiger charge is -2.40. The van der Waals surface area contributed by atoms with Crippen LogP contribution in [0.3, 0.4) is 0 Å². The van der Waals surface area contributed by atoms with E-state index in [2.05, 4.69) is 47.7 Å². The van der Waals surface area contributed by atoms with Gasteiger partial charge in [0.15, 0.2) is 11.5 Å². The molecule has 0 bridgehead atoms. The third-order valence-corrected chi connectivity index (χ3v) is 5.74. The van der Waals surface area contributed by atoms with Gasteiger partial charge in [-0.1, -0.05) is 13.0 Å². The van der Waals surface area contributed by atoms with E-state index in [0.29, 0.717) is 25.8 Å². The second-order valence-electron chi connectivity index (χ2n) is 8.49. The van der Waals surface area contributed by atoms with Crippen LogP contribution in [0.1, 0.15) is 51.0 Å². The monoisotopic (exact) mass is 384 g/mol. The Bertz CT molecular complexity index is 863. The topological polar surface area (TPSA) is 69.5 Å². The number of hydrogen-bond donors (Lipinski definition) is 0. The molecule has 3 heterocycles. The zero-order valence-corrected chi connectivity index (χ0v) is 16.9. The van der Waals surface area contributed by atoms with Crippen molar-refractivity contribution in [2.75, 3.05) is 19.9 Å². The van der Waals surface area contributed by atoms with E-state index in [-0.39, 0.29) is 11.3 Å². The second-order valence-corrected chi connectivity index (χ2v) is 8.49. The summed E-state index contributed by atoms with van der Waals surface area (Å²) in [5.41, 5.74) is 1.27. The van der Waals surface area contributed by atoms with E-state index >= 15 is 0 Å². The molecular weight excluding hydrogens is 356 g/mol. The first-order chi connectivity index (χ1) is 13.4. The van der Waals surface area contributed by atoms with Gasteiger partial charge in [-0.25, -0.2) is 0 Å². The van der Waals surface area contributed by atoms with Crippen LogP contribution in [0.25, 0.3) is 0 Å². The van der Waals surface area contributed by atoms with Gasteiger partial charge in [-0.3, -0.25) is 4.79 Å². The Hall–Kier alpha value is -2.57. The number of fused-ring (bicyclic) bond motifs is 1. The Morgan fingerprint density at radius 3 is 2.89 bits per heavy atom. The van der Waals surface area contributed by atoms with Crippen molar-refractivity contribution in [1.29, 1.82) is 0 Å². The molecular formula is C21H28N4O3. The summed E-state index contributed by atoms with van der Waals surface area (Å²) < 4.78 is 13.0. The molecule has 2 aliphatic heterocycles. The molecule has 1 saturated heterocycles. The summed E-state index contributed by atoms with van der Waals surface area (Å²) in [6.45, 7) is 8.23. The van der Waals surface area contributed by atoms with Gasteiger partial charge in [0.2, 0.25) is 12.7 Å². The number of rotatable bonds is 6. The Morgan fingerprint density at radius 2 is 2.07 bits per heavy atom. The minimum Gasteiger partial charge on any atom is -0.454 e. The number of benzene rings is 1. The molecule has 28 heavy (non-hydrogen) atoms. The highest BCUT2D eigenvalue weighted by molar-refractivity contribution is 5.77. The number of likely N-dealkylation sites (tertiary alicyclic amines) is 1. The first-order valence-corrected chi connectivity index (χ1v) is 9.98. The van der Waals surface area contributed by atoms with Crippen molar-refractivity contribution < 1.29 is 14.3 Å². The lowest BCUT2D eigenvalue weighted by Crippen LogP contribution is -2.47. The number of nitrogens with zero attached hydrogens (tertiary/aromatic N) is 4. The highest BCUT2D eigenvalue weighted by Gasteiger charge is 2.35. The third kappa shape index (κ3) is 3.84. The van der Waals surface area contributed by atoms with E-state index in [9.17, 15) is 4.79 Å². The zero-order valence-electron chi connectivity index (χ0n) is 16.9. The van der Waals surface area contributed by atoms with Gasteiger partial charge < -0.3 is 18.9 Å². The number of carbonyl (C=O) groups excluding carboxylic acids is 1. The molecule has 1 aromatic heterocycles. The van der Waals surface area contributed by atoms with E-state index in [1.807, 2.05) is 11.0 Å². The minimum atomic E-state index is 0.0489. The molecule has 0 spiro atoms. The number of carbonyl (C=O) groups is 1. The molecule has 4 rings (SSSR count). The Kier molecular flexibility index (Phi) is 5.00. The van der Waals surface area contributed by atoms with Crippen molar-refractivity contribution in [3.05, 3.63) is 35.9 Å². The molecule has 2 aliphatic rings. The number of piperidine rings is 1. The van der Waals surface area contributed by atoms with E-state index in [1.54, 1.807) is 6.33 Å². The Morgan fingerprint density at radius 1 is 1.25 bits per heavy atom. The van der Waals surface area contributed by atoms with Crippen LogP contribution in [0.2, 0.25) is 0 Å². The molecule has 1 amide bonds. The number of hydrogen-bond acceptors (Lipinski definition) is 5. The highest BCUT2D eigenvalue weighted by atomic mass is 16.7. The SMILES string of the molecule is CC(C)n1cnnc1CCN1CC(C)(Cc2ccc3c(c2)OCO3)CCC1=O. The summed E-state index contributed by atoms with van der Waals surface area (Å²) >= 11 is 0. The van der Waals surface area contributed by atoms with Crippen molar-refractivity contribution in [2.24, 2.45) is 5.41 Å². The van der Waals surface area contributed by atoms with Gasteiger partial charge in [-0.15, -0.1) is 10.2 Å². The van der Waals surface area contributed by atoms with Crippen molar-refractivity contribution in [3.63, 3.8) is 0 Å². The molecule has 0 N–H and O–H groups in total. The van der Waals surface area contributed by atoms with Gasteiger partial charge in [0.25, 0.3) is 0 Å². The summed E-state index contributed by atoms with van der Waals surface area (Å²) in [6, 6.07) is 6.47. The van der Waals surface area contributed by atoms with Crippen LogP contribution >= 0.6 is 0 Å². The van der Waals surface area contributed by atoms with E-state index < -0.39 is 0 Å². The zero-order chi connectivity index (χ0) is 19.7. The fraction of sp³-hybridized carbons (Fsp3) is 0.571. The average molecular weight is 384 g/mol. The average Bonchev–Trinajstić information content (AvgIpc) is 3.31. The van der Waals surface area contributed by atoms with Crippen LogP contribution in [0.4, 0.5) is 0 Å². The largest absolute Gasteiger partial charge is 0.454 e. The summed E-state index contributed by atoms with van der Waals surface area (Å²) in [6.07, 6.45) is 4.90.